The Morgan fingerprint density at radius 1 is 1.04 bits per heavy atom. The predicted molar refractivity (Wildman–Crippen MR) is 184 cm³/mol. The van der Waals surface area contributed by atoms with Gasteiger partial charge in [-0.15, -0.1) is 4.31 Å². The molecule has 3 aromatic rings. The molecule has 0 aliphatic heterocycles. The second kappa shape index (κ2) is 13.1. The molecule has 0 radical (unpaired) electrons. The maximum absolute atomic E-state index is 13.9. The summed E-state index contributed by atoms with van der Waals surface area (Å²) in [5.41, 5.74) is -3.49. The van der Waals surface area contributed by atoms with Crippen LogP contribution in [-0.2, 0) is 21.2 Å². The smallest absolute Gasteiger partial charge is 0.416 e. The van der Waals surface area contributed by atoms with E-state index in [1.807, 2.05) is 0 Å². The number of ether oxygens (including phenoxy) is 1. The molecule has 3 aliphatic carbocycles. The fraction of sp³-hybridized carbons (Fsp3) is 0.361. The number of nitrogens with zero attached hydrogens (tertiary/aromatic N) is 3. The van der Waals surface area contributed by atoms with E-state index in [2.05, 4.69) is 15.3 Å². The van der Waals surface area contributed by atoms with Crippen LogP contribution in [0.2, 0.25) is 0 Å². The van der Waals surface area contributed by atoms with E-state index in [9.17, 15) is 50.1 Å². The van der Waals surface area contributed by atoms with Gasteiger partial charge in [0.15, 0.2) is 6.26 Å². The summed E-state index contributed by atoms with van der Waals surface area (Å²) in [4.78, 5) is 20.4. The van der Waals surface area contributed by atoms with Crippen molar-refractivity contribution in [2.45, 2.75) is 56.2 Å². The summed E-state index contributed by atoms with van der Waals surface area (Å²) < 4.78 is 113. The van der Waals surface area contributed by atoms with Crippen molar-refractivity contribution in [1.29, 1.82) is 0 Å². The molecule has 2 fully saturated rings. The first-order valence-electron chi connectivity index (χ1n) is 16.2. The lowest BCUT2D eigenvalue weighted by Crippen LogP contribution is -2.61. The standard InChI is InChI=1S/C36H34F6N4O6S/c1-19-12-21(31(47)48)6-8-24(19)20-7-9-30(52-3)25(13-20)26-17-43-32(46(2)53(4,50)51)45-29(26)18-44-33(10-5-11-33)34(49)27-15-22(35(37,38)39)14-23(16-28(27)34)36(40,41)42/h6-9,12-17,27,44,49H,5,10-11,18H2,1-4H3,(H-,47,48,50,51)/p+1/t27-,34-/m1/s1. The molecule has 10 nitrogen and oxygen atoms in total. The van der Waals surface area contributed by atoms with E-state index < -0.39 is 56.9 Å². The van der Waals surface area contributed by atoms with Gasteiger partial charge in [-0.25, -0.2) is 14.8 Å². The minimum Gasteiger partial charge on any atom is -0.496 e. The molecule has 3 aliphatic rings. The number of aryl methyl sites for hydroxylation is 1. The maximum atomic E-state index is 13.9. The Hall–Kier alpha value is -4.58. The van der Waals surface area contributed by atoms with Crippen LogP contribution in [0.1, 0.15) is 40.9 Å². The Morgan fingerprint density at radius 2 is 1.72 bits per heavy atom. The number of carbonyl (C=O) groups is 1. The summed E-state index contributed by atoms with van der Waals surface area (Å²) in [6, 6.07) is 9.84. The molecule has 17 heteroatoms. The van der Waals surface area contributed by atoms with E-state index in [1.54, 1.807) is 31.2 Å². The van der Waals surface area contributed by atoms with Gasteiger partial charge in [-0.1, -0.05) is 18.2 Å². The number of nitrogens with one attached hydrogen (secondary N) is 1. The Bertz CT molecular complexity index is 2140. The molecule has 4 N–H and O–H groups in total. The molecule has 0 amide bonds. The molecular weight excluding hydrogens is 730 g/mol. The molecule has 2 saturated carbocycles. The average molecular weight is 766 g/mol. The summed E-state index contributed by atoms with van der Waals surface area (Å²) in [6.45, 7) is 1.55. The van der Waals surface area contributed by atoms with Crippen LogP contribution >= 0.6 is 0 Å². The number of fused-ring (bicyclic) bond motifs is 1. The molecular formula is C36H35F6N4O6S+. The second-order valence-electron chi connectivity index (χ2n) is 13.4. The van der Waals surface area contributed by atoms with Crippen LogP contribution in [0, 0.1) is 12.8 Å². The highest BCUT2D eigenvalue weighted by Gasteiger charge is 2.71. The summed E-state index contributed by atoms with van der Waals surface area (Å²) in [7, 11) is -0.861. The third-order valence-corrected chi connectivity index (χ3v) is 11.4. The van der Waals surface area contributed by atoms with E-state index in [0.717, 1.165) is 10.6 Å². The summed E-state index contributed by atoms with van der Waals surface area (Å²) in [5, 5.41) is 24.6. The van der Waals surface area contributed by atoms with Crippen LogP contribution in [-0.4, -0.2) is 74.6 Å². The van der Waals surface area contributed by atoms with Crippen LogP contribution in [0.4, 0.5) is 32.3 Å². The molecule has 1 heterocycles. The number of benzene rings is 2. The van der Waals surface area contributed by atoms with Crippen molar-refractivity contribution >= 4 is 22.3 Å². The number of anilines is 1. The largest absolute Gasteiger partial charge is 0.496 e. The monoisotopic (exact) mass is 765 g/mol. The Kier molecular flexibility index (Phi) is 9.41. The number of carboxylic acid groups (broad SMARTS) is 1. The lowest BCUT2D eigenvalue weighted by Gasteiger charge is -2.47. The first-order valence-corrected chi connectivity index (χ1v) is 18.1. The first kappa shape index (κ1) is 38.2. The zero-order chi connectivity index (χ0) is 38.9. The molecule has 1 aromatic heterocycles. The van der Waals surface area contributed by atoms with Gasteiger partial charge in [0, 0.05) is 29.8 Å². The minimum atomic E-state index is -5.11. The molecule has 0 bridgehead atoms. The molecule has 53 heavy (non-hydrogen) atoms. The number of aromatic nitrogens is 2. The third kappa shape index (κ3) is 6.86. The minimum absolute atomic E-state index is 0.0437. The molecule has 3 atom stereocenters. The number of allylic oxidation sites excluding steroid dienone is 4. The number of rotatable bonds is 10. The van der Waals surface area contributed by atoms with Crippen LogP contribution in [0.15, 0.2) is 77.5 Å². The van der Waals surface area contributed by atoms with E-state index in [0.29, 0.717) is 52.1 Å². The fourth-order valence-electron chi connectivity index (χ4n) is 7.04. The van der Waals surface area contributed by atoms with Crippen LogP contribution in [0.25, 0.3) is 22.3 Å². The number of carboxylic acids is 1. The maximum Gasteiger partial charge on any atom is 0.416 e. The van der Waals surface area contributed by atoms with Crippen molar-refractivity contribution in [3.63, 3.8) is 0 Å². The Labute approximate surface area is 301 Å². The number of aromatic carboxylic acids is 1. The predicted octanol–water partition coefficient (Wildman–Crippen LogP) is 7.07. The van der Waals surface area contributed by atoms with E-state index in [-0.39, 0.29) is 48.2 Å². The van der Waals surface area contributed by atoms with Crippen molar-refractivity contribution in [3.05, 3.63) is 94.4 Å². The van der Waals surface area contributed by atoms with Gasteiger partial charge in [0.05, 0.1) is 42.1 Å². The van der Waals surface area contributed by atoms with Crippen LogP contribution in [0.5, 0.6) is 5.75 Å². The number of halogens is 6. The van der Waals surface area contributed by atoms with Gasteiger partial charge in [-0.3, -0.25) is 0 Å². The lowest BCUT2D eigenvalue weighted by atomic mass is 9.69. The molecule has 282 valence electrons. The van der Waals surface area contributed by atoms with E-state index in [1.165, 1.54) is 32.5 Å². The van der Waals surface area contributed by atoms with Crippen molar-refractivity contribution < 1.29 is 54.8 Å². The topological polar surface area (TPSA) is 145 Å². The third-order valence-electron chi connectivity index (χ3n) is 10.2. The van der Waals surface area contributed by atoms with Crippen LogP contribution in [0.3, 0.4) is 0 Å². The lowest BCUT2D eigenvalue weighted by molar-refractivity contribution is -0.0938. The van der Waals surface area contributed by atoms with E-state index in [4.69, 9.17) is 4.74 Å². The number of hydrogen-bond acceptors (Lipinski definition) is 7. The van der Waals surface area contributed by atoms with Gasteiger partial charge < -0.3 is 20.3 Å². The number of methoxy groups -OCH3 is 1. The SMILES string of the molecule is COc1ccc(-c2ccc(C(=O)O)cc2C)cc1-c1cnc(N(C)[S+](C)(=O)O)nc1CNC1([C@]2(O)C3=CC(C(F)(F)F)=CC(C(F)(F)F)=C[C@H]32)CCC1. The highest BCUT2D eigenvalue weighted by Crippen LogP contribution is 2.64. The van der Waals surface area contributed by atoms with Crippen molar-refractivity contribution in [3.8, 4) is 28.0 Å². The summed E-state index contributed by atoms with van der Waals surface area (Å²) >= 11 is 0. The quantitative estimate of drug-likeness (QED) is 0.126. The van der Waals surface area contributed by atoms with Gasteiger partial charge in [-0.2, -0.15) is 30.9 Å². The Balaban J connectivity index is 1.43. The van der Waals surface area contributed by atoms with Gasteiger partial charge in [0.25, 0.3) is 5.95 Å². The molecule has 1 unspecified atom stereocenters. The molecule has 2 aromatic carbocycles. The van der Waals surface area contributed by atoms with Gasteiger partial charge in [-0.05, 0) is 89.1 Å². The number of hydrogen-bond donors (Lipinski definition) is 4. The molecule has 6 rings (SSSR count). The Morgan fingerprint density at radius 3 is 2.26 bits per heavy atom. The normalized spacial score (nSPS) is 21.9. The number of alkyl halides is 6. The summed E-state index contributed by atoms with van der Waals surface area (Å²) in [6.07, 6.45) is -5.53. The fourth-order valence-corrected chi connectivity index (χ4v) is 7.44. The first-order chi connectivity index (χ1) is 24.6. The highest BCUT2D eigenvalue weighted by molar-refractivity contribution is 7.98. The van der Waals surface area contributed by atoms with Crippen LogP contribution < -0.4 is 14.4 Å². The zero-order valence-corrected chi connectivity index (χ0v) is 29.6. The average Bonchev–Trinajstić information content (AvgIpc) is 3.69. The van der Waals surface area contributed by atoms with E-state index >= 15 is 0 Å². The second-order valence-corrected chi connectivity index (χ2v) is 15.5. The van der Waals surface area contributed by atoms with Gasteiger partial charge in [0.2, 0.25) is 0 Å². The number of aliphatic hydroxyl groups is 1. The highest BCUT2D eigenvalue weighted by atomic mass is 32.3. The van der Waals surface area contributed by atoms with Gasteiger partial charge in [0.1, 0.15) is 11.4 Å². The van der Waals surface area contributed by atoms with Crippen molar-refractivity contribution in [2.75, 3.05) is 24.7 Å². The van der Waals surface area contributed by atoms with Crippen molar-refractivity contribution in [1.82, 2.24) is 15.3 Å². The molecule has 0 spiro atoms. The zero-order valence-electron chi connectivity index (χ0n) is 28.8. The van der Waals surface area contributed by atoms with Gasteiger partial charge >= 0.3 is 28.7 Å². The van der Waals surface area contributed by atoms with Crippen molar-refractivity contribution in [2.24, 2.45) is 5.92 Å². The summed E-state index contributed by atoms with van der Waals surface area (Å²) in [5.74, 6) is -2.23. The molecule has 0 saturated heterocycles.